The summed E-state index contributed by atoms with van der Waals surface area (Å²) in [6.07, 6.45) is 6.01. The molecule has 1 aliphatic carbocycles. The predicted molar refractivity (Wildman–Crippen MR) is 106 cm³/mol. The van der Waals surface area contributed by atoms with Gasteiger partial charge in [0.05, 0.1) is 18.5 Å². The molecule has 0 spiro atoms. The molecule has 8 nitrogen and oxygen atoms in total. The van der Waals surface area contributed by atoms with Gasteiger partial charge in [-0.3, -0.25) is 4.79 Å². The number of ether oxygens (including phenoxy) is 1. The van der Waals surface area contributed by atoms with Gasteiger partial charge in [-0.05, 0) is 31.4 Å². The largest absolute Gasteiger partial charge is 0.379 e. The van der Waals surface area contributed by atoms with Crippen molar-refractivity contribution in [2.75, 3.05) is 19.0 Å². The van der Waals surface area contributed by atoms with Crippen LogP contribution >= 0.6 is 0 Å². The van der Waals surface area contributed by atoms with Gasteiger partial charge in [0, 0.05) is 43.6 Å². The van der Waals surface area contributed by atoms with Gasteiger partial charge in [-0.2, -0.15) is 0 Å². The molecule has 8 heteroatoms. The zero-order chi connectivity index (χ0) is 19.8. The number of H-pyrrole nitrogens is 1. The molecular formula is C20H27N5O3. The monoisotopic (exact) mass is 385 g/mol. The number of aromatic amines is 1. The van der Waals surface area contributed by atoms with E-state index in [0.717, 1.165) is 24.2 Å². The lowest BCUT2D eigenvalue weighted by Gasteiger charge is -2.35. The molecule has 0 aliphatic heterocycles. The number of hydrogen-bond donors (Lipinski definition) is 4. The minimum atomic E-state index is -0.293. The molecular weight excluding hydrogens is 358 g/mol. The first kappa shape index (κ1) is 19.9. The van der Waals surface area contributed by atoms with Crippen LogP contribution in [-0.4, -0.2) is 47.7 Å². The molecule has 3 amide bonds. The summed E-state index contributed by atoms with van der Waals surface area (Å²) in [5.41, 5.74) is 1.71. The number of para-hydroxylation sites is 1. The van der Waals surface area contributed by atoms with E-state index in [1.54, 1.807) is 19.6 Å². The highest BCUT2D eigenvalue weighted by atomic mass is 16.5. The fraction of sp³-hybridized carbons (Fsp3) is 0.450. The van der Waals surface area contributed by atoms with Gasteiger partial charge in [0.15, 0.2) is 0 Å². The molecule has 150 valence electrons. The Labute approximate surface area is 164 Å². The summed E-state index contributed by atoms with van der Waals surface area (Å²) in [6.45, 7) is 0.553. The van der Waals surface area contributed by atoms with Crippen LogP contribution in [0.3, 0.4) is 0 Å². The number of urea groups is 1. The van der Waals surface area contributed by atoms with Crippen molar-refractivity contribution in [3.63, 3.8) is 0 Å². The standard InChI is InChI=1S/C20H27N5O3/c1-28-18-8-7-14(19(26)22-10-9-16-12-21-13-23-16)11-17(18)25-20(27)24-15-5-3-2-4-6-15/h2-6,12-14,17-18H,7-11H2,1H3,(H,21,23)(H,22,26)(H2,24,25,27)/t14-,17+,18+/m0/s1. The van der Waals surface area contributed by atoms with Crippen molar-refractivity contribution >= 4 is 17.6 Å². The van der Waals surface area contributed by atoms with Crippen LogP contribution in [0.15, 0.2) is 42.9 Å². The molecule has 0 saturated heterocycles. The zero-order valence-corrected chi connectivity index (χ0v) is 16.0. The maximum Gasteiger partial charge on any atom is 0.319 e. The molecule has 3 atom stereocenters. The van der Waals surface area contributed by atoms with Crippen molar-refractivity contribution in [2.45, 2.75) is 37.8 Å². The molecule has 4 N–H and O–H groups in total. The number of hydrogen-bond acceptors (Lipinski definition) is 4. The van der Waals surface area contributed by atoms with Gasteiger partial charge in [0.2, 0.25) is 5.91 Å². The van der Waals surface area contributed by atoms with Crippen molar-refractivity contribution in [1.29, 1.82) is 0 Å². The molecule has 0 unspecified atom stereocenters. The first-order chi connectivity index (χ1) is 13.7. The summed E-state index contributed by atoms with van der Waals surface area (Å²) >= 11 is 0. The van der Waals surface area contributed by atoms with Gasteiger partial charge < -0.3 is 25.7 Å². The van der Waals surface area contributed by atoms with E-state index in [1.165, 1.54) is 0 Å². The molecule has 1 aromatic carbocycles. The molecule has 1 fully saturated rings. The van der Waals surface area contributed by atoms with E-state index in [2.05, 4.69) is 25.9 Å². The predicted octanol–water partition coefficient (Wildman–Crippen LogP) is 2.07. The normalized spacial score (nSPS) is 21.7. The Morgan fingerprint density at radius 2 is 2.07 bits per heavy atom. The number of rotatable bonds is 7. The number of carbonyl (C=O) groups is 2. The van der Waals surface area contributed by atoms with Crippen LogP contribution in [0.4, 0.5) is 10.5 Å². The summed E-state index contributed by atoms with van der Waals surface area (Å²) in [6, 6.07) is 8.74. The Hall–Kier alpha value is -2.87. The molecule has 28 heavy (non-hydrogen) atoms. The third kappa shape index (κ3) is 5.56. The van der Waals surface area contributed by atoms with Crippen molar-refractivity contribution < 1.29 is 14.3 Å². The molecule has 2 aromatic rings. The van der Waals surface area contributed by atoms with E-state index in [0.29, 0.717) is 19.4 Å². The van der Waals surface area contributed by atoms with E-state index < -0.39 is 0 Å². The number of anilines is 1. The third-order valence-corrected chi connectivity index (χ3v) is 5.06. The number of imidazole rings is 1. The van der Waals surface area contributed by atoms with Crippen LogP contribution < -0.4 is 16.0 Å². The zero-order valence-electron chi connectivity index (χ0n) is 16.0. The van der Waals surface area contributed by atoms with Crippen LogP contribution in [0.2, 0.25) is 0 Å². The highest BCUT2D eigenvalue weighted by molar-refractivity contribution is 5.89. The van der Waals surface area contributed by atoms with Crippen molar-refractivity contribution in [1.82, 2.24) is 20.6 Å². The van der Waals surface area contributed by atoms with Crippen LogP contribution in [0.25, 0.3) is 0 Å². The Kier molecular flexibility index (Phi) is 7.02. The third-order valence-electron chi connectivity index (χ3n) is 5.06. The molecule has 0 bridgehead atoms. The topological polar surface area (TPSA) is 108 Å². The average molecular weight is 385 g/mol. The quantitative estimate of drug-likeness (QED) is 0.585. The lowest BCUT2D eigenvalue weighted by atomic mass is 9.83. The van der Waals surface area contributed by atoms with Gasteiger partial charge in [-0.25, -0.2) is 9.78 Å². The smallest absolute Gasteiger partial charge is 0.319 e. The highest BCUT2D eigenvalue weighted by Gasteiger charge is 2.34. The summed E-state index contributed by atoms with van der Waals surface area (Å²) in [7, 11) is 1.64. The minimum absolute atomic E-state index is 0.0179. The second-order valence-electron chi connectivity index (χ2n) is 6.97. The Bertz CT molecular complexity index is 750. The van der Waals surface area contributed by atoms with Gasteiger partial charge in [-0.15, -0.1) is 0 Å². The lowest BCUT2D eigenvalue weighted by Crippen LogP contribution is -2.51. The Morgan fingerprint density at radius 3 is 2.79 bits per heavy atom. The van der Waals surface area contributed by atoms with Crippen LogP contribution in [-0.2, 0) is 16.0 Å². The Balaban J connectivity index is 1.49. The van der Waals surface area contributed by atoms with E-state index in [1.807, 2.05) is 30.3 Å². The number of benzene rings is 1. The maximum atomic E-state index is 12.5. The van der Waals surface area contributed by atoms with Gasteiger partial charge >= 0.3 is 6.03 Å². The first-order valence-electron chi connectivity index (χ1n) is 9.56. The van der Waals surface area contributed by atoms with Gasteiger partial charge in [0.25, 0.3) is 0 Å². The van der Waals surface area contributed by atoms with Crippen LogP contribution in [0.1, 0.15) is 25.0 Å². The highest BCUT2D eigenvalue weighted by Crippen LogP contribution is 2.27. The summed E-state index contributed by atoms with van der Waals surface area (Å²) < 4.78 is 5.53. The number of amides is 3. The molecule has 0 radical (unpaired) electrons. The maximum absolute atomic E-state index is 12.5. The molecule has 1 heterocycles. The van der Waals surface area contributed by atoms with Crippen LogP contribution in [0, 0.1) is 5.92 Å². The summed E-state index contributed by atoms with van der Waals surface area (Å²) in [5, 5.41) is 8.76. The van der Waals surface area contributed by atoms with Crippen molar-refractivity contribution in [3.05, 3.63) is 48.5 Å². The molecule has 1 aliphatic rings. The first-order valence-corrected chi connectivity index (χ1v) is 9.56. The summed E-state index contributed by atoms with van der Waals surface area (Å²) in [4.78, 5) is 31.9. The van der Waals surface area contributed by atoms with E-state index in [4.69, 9.17) is 4.74 Å². The molecule has 1 aromatic heterocycles. The summed E-state index contributed by atoms with van der Waals surface area (Å²) in [5.74, 6) is -0.125. The van der Waals surface area contributed by atoms with Crippen molar-refractivity contribution in [2.24, 2.45) is 5.92 Å². The van der Waals surface area contributed by atoms with E-state index >= 15 is 0 Å². The second-order valence-corrected chi connectivity index (χ2v) is 6.97. The molecule has 3 rings (SSSR count). The Morgan fingerprint density at radius 1 is 1.25 bits per heavy atom. The SMILES string of the molecule is CO[C@@H]1CC[C@H](C(=O)NCCc2cnc[nH]2)C[C@H]1NC(=O)Nc1ccccc1. The number of carbonyl (C=O) groups excluding carboxylic acids is 2. The fourth-order valence-electron chi connectivity index (χ4n) is 3.56. The number of methoxy groups -OCH3 is 1. The van der Waals surface area contributed by atoms with Gasteiger partial charge in [-0.1, -0.05) is 18.2 Å². The second kappa shape index (κ2) is 9.89. The number of nitrogens with zero attached hydrogens (tertiary/aromatic N) is 1. The fourth-order valence-corrected chi connectivity index (χ4v) is 3.56. The average Bonchev–Trinajstić information content (AvgIpc) is 3.22. The van der Waals surface area contributed by atoms with Crippen molar-refractivity contribution in [3.8, 4) is 0 Å². The number of nitrogens with one attached hydrogen (secondary N) is 4. The van der Waals surface area contributed by atoms with E-state index in [-0.39, 0.29) is 30.0 Å². The number of aromatic nitrogens is 2. The van der Waals surface area contributed by atoms with Gasteiger partial charge in [0.1, 0.15) is 0 Å². The lowest BCUT2D eigenvalue weighted by molar-refractivity contribution is -0.127. The minimum Gasteiger partial charge on any atom is -0.379 e. The van der Waals surface area contributed by atoms with Crippen LogP contribution in [0.5, 0.6) is 0 Å². The van der Waals surface area contributed by atoms with E-state index in [9.17, 15) is 9.59 Å². The molecule has 1 saturated carbocycles.